The number of carboxylic acid groups (broad SMARTS) is 1. The largest absolute Gasteiger partial charge is 0.480 e. The number of carbonyl (C=O) groups is 1. The number of benzene rings is 1. The fourth-order valence-corrected chi connectivity index (χ4v) is 3.00. The number of hydrogen-bond acceptors (Lipinski definition) is 2. The number of anilines is 1. The quantitative estimate of drug-likeness (QED) is 0.902. The number of nitrogens with zero attached hydrogens (tertiary/aromatic N) is 1. The lowest BCUT2D eigenvalue weighted by molar-refractivity contribution is -0.135. The summed E-state index contributed by atoms with van der Waals surface area (Å²) in [5, 5.41) is 9.15. The van der Waals surface area contributed by atoms with Crippen molar-refractivity contribution in [1.29, 1.82) is 0 Å². The molecular weight excluding hydrogens is 238 g/mol. The number of carboxylic acids is 1. The second-order valence-corrected chi connectivity index (χ2v) is 5.78. The van der Waals surface area contributed by atoms with Crippen LogP contribution in [0.1, 0.15) is 38.2 Å². The van der Waals surface area contributed by atoms with Gasteiger partial charge in [0.05, 0.1) is 0 Å². The first-order chi connectivity index (χ1) is 9.06. The van der Waals surface area contributed by atoms with Gasteiger partial charge in [-0.2, -0.15) is 0 Å². The zero-order valence-corrected chi connectivity index (χ0v) is 11.8. The predicted molar refractivity (Wildman–Crippen MR) is 77.6 cm³/mol. The highest BCUT2D eigenvalue weighted by Crippen LogP contribution is 2.30. The van der Waals surface area contributed by atoms with E-state index < -0.39 is 5.97 Å². The minimum Gasteiger partial charge on any atom is -0.480 e. The first-order valence-electron chi connectivity index (χ1n) is 7.11. The van der Waals surface area contributed by atoms with Crippen LogP contribution in [0.15, 0.2) is 24.3 Å². The Labute approximate surface area is 115 Å². The molecule has 2 rings (SSSR count). The predicted octanol–water partition coefficient (Wildman–Crippen LogP) is 3.46. The molecule has 1 aliphatic carbocycles. The lowest BCUT2D eigenvalue weighted by Gasteiger charge is -2.37. The molecule has 1 aliphatic rings. The first-order valence-corrected chi connectivity index (χ1v) is 7.11. The molecule has 1 aromatic carbocycles. The standard InChI is InChI=1S/C16H23NO2/c1-12-6-8-14(9-7-12)17(11-16(18)19)15-5-3-4-13(2)10-15/h6-9,13,15H,3-5,10-11H2,1-2H3,(H,18,19). The Bertz CT molecular complexity index is 427. The second-order valence-electron chi connectivity index (χ2n) is 5.78. The third-order valence-corrected chi connectivity index (χ3v) is 4.02. The topological polar surface area (TPSA) is 40.5 Å². The van der Waals surface area contributed by atoms with E-state index in [0.29, 0.717) is 12.0 Å². The van der Waals surface area contributed by atoms with Gasteiger partial charge in [-0.1, -0.05) is 37.5 Å². The molecule has 0 aliphatic heterocycles. The number of aryl methyl sites for hydroxylation is 1. The summed E-state index contributed by atoms with van der Waals surface area (Å²) in [5.74, 6) is -0.0562. The molecule has 0 bridgehead atoms. The van der Waals surface area contributed by atoms with Crippen LogP contribution in [0.2, 0.25) is 0 Å². The molecule has 1 saturated carbocycles. The van der Waals surface area contributed by atoms with E-state index in [9.17, 15) is 4.79 Å². The van der Waals surface area contributed by atoms with E-state index >= 15 is 0 Å². The molecule has 0 amide bonds. The van der Waals surface area contributed by atoms with Crippen molar-refractivity contribution in [1.82, 2.24) is 0 Å². The van der Waals surface area contributed by atoms with Crippen molar-refractivity contribution >= 4 is 11.7 Å². The van der Waals surface area contributed by atoms with E-state index in [0.717, 1.165) is 18.5 Å². The Morgan fingerprint density at radius 2 is 2.00 bits per heavy atom. The monoisotopic (exact) mass is 261 g/mol. The average molecular weight is 261 g/mol. The summed E-state index contributed by atoms with van der Waals surface area (Å²) in [4.78, 5) is 13.2. The van der Waals surface area contributed by atoms with E-state index in [4.69, 9.17) is 5.11 Å². The molecule has 104 valence electrons. The summed E-state index contributed by atoms with van der Waals surface area (Å²) < 4.78 is 0. The highest BCUT2D eigenvalue weighted by Gasteiger charge is 2.26. The highest BCUT2D eigenvalue weighted by atomic mass is 16.4. The first kappa shape index (κ1) is 13.9. The van der Waals surface area contributed by atoms with Crippen LogP contribution in [0.4, 0.5) is 5.69 Å². The van der Waals surface area contributed by atoms with Crippen molar-refractivity contribution < 1.29 is 9.90 Å². The van der Waals surface area contributed by atoms with Gasteiger partial charge in [0.25, 0.3) is 0 Å². The van der Waals surface area contributed by atoms with Gasteiger partial charge in [0.15, 0.2) is 0 Å². The van der Waals surface area contributed by atoms with Crippen molar-refractivity contribution in [2.24, 2.45) is 5.92 Å². The van der Waals surface area contributed by atoms with Gasteiger partial charge in [-0.15, -0.1) is 0 Å². The number of rotatable bonds is 4. The maximum absolute atomic E-state index is 11.1. The molecule has 0 saturated heterocycles. The van der Waals surface area contributed by atoms with Crippen LogP contribution in [0, 0.1) is 12.8 Å². The molecule has 0 spiro atoms. The molecular formula is C16H23NO2. The van der Waals surface area contributed by atoms with Crippen molar-refractivity contribution in [3.8, 4) is 0 Å². The number of aliphatic carboxylic acids is 1. The van der Waals surface area contributed by atoms with Gasteiger partial charge in [0.1, 0.15) is 6.54 Å². The van der Waals surface area contributed by atoms with Gasteiger partial charge in [-0.3, -0.25) is 4.79 Å². The zero-order chi connectivity index (χ0) is 13.8. The number of hydrogen-bond donors (Lipinski definition) is 1. The Hall–Kier alpha value is -1.51. The van der Waals surface area contributed by atoms with Crippen LogP contribution in [0.5, 0.6) is 0 Å². The second kappa shape index (κ2) is 6.09. The van der Waals surface area contributed by atoms with Crippen LogP contribution < -0.4 is 4.90 Å². The normalized spacial score (nSPS) is 23.1. The van der Waals surface area contributed by atoms with Crippen LogP contribution >= 0.6 is 0 Å². The highest BCUT2D eigenvalue weighted by molar-refractivity contribution is 5.74. The zero-order valence-electron chi connectivity index (χ0n) is 11.8. The lowest BCUT2D eigenvalue weighted by atomic mass is 9.86. The van der Waals surface area contributed by atoms with E-state index in [1.807, 2.05) is 19.1 Å². The SMILES string of the molecule is Cc1ccc(N(CC(=O)O)C2CCCC(C)C2)cc1. The minimum absolute atomic E-state index is 0.0977. The van der Waals surface area contributed by atoms with Crippen LogP contribution in [0.3, 0.4) is 0 Å². The van der Waals surface area contributed by atoms with Gasteiger partial charge in [-0.25, -0.2) is 0 Å². The van der Waals surface area contributed by atoms with Crippen molar-refractivity contribution in [3.05, 3.63) is 29.8 Å². The third kappa shape index (κ3) is 3.72. The van der Waals surface area contributed by atoms with Gasteiger partial charge in [0, 0.05) is 11.7 Å². The molecule has 0 heterocycles. The molecule has 0 aromatic heterocycles. The minimum atomic E-state index is -0.751. The maximum Gasteiger partial charge on any atom is 0.323 e. The summed E-state index contributed by atoms with van der Waals surface area (Å²) in [6.45, 7) is 4.41. The summed E-state index contributed by atoms with van der Waals surface area (Å²) in [5.41, 5.74) is 2.24. The fourth-order valence-electron chi connectivity index (χ4n) is 3.00. The van der Waals surface area contributed by atoms with Crippen molar-refractivity contribution in [2.45, 2.75) is 45.6 Å². The molecule has 19 heavy (non-hydrogen) atoms. The van der Waals surface area contributed by atoms with E-state index in [2.05, 4.69) is 24.0 Å². The molecule has 2 unspecified atom stereocenters. The Morgan fingerprint density at radius 1 is 1.32 bits per heavy atom. The fraction of sp³-hybridized carbons (Fsp3) is 0.562. The van der Waals surface area contributed by atoms with Crippen molar-refractivity contribution in [2.75, 3.05) is 11.4 Å². The summed E-state index contributed by atoms with van der Waals surface area (Å²) >= 11 is 0. The van der Waals surface area contributed by atoms with Gasteiger partial charge in [0.2, 0.25) is 0 Å². The molecule has 1 fully saturated rings. The summed E-state index contributed by atoms with van der Waals surface area (Å²) in [7, 11) is 0. The molecule has 2 atom stereocenters. The Balaban J connectivity index is 2.19. The molecule has 1 aromatic rings. The Morgan fingerprint density at radius 3 is 2.58 bits per heavy atom. The van der Waals surface area contributed by atoms with Crippen LogP contribution in [0.25, 0.3) is 0 Å². The summed E-state index contributed by atoms with van der Waals surface area (Å²) in [6.07, 6.45) is 4.67. The molecule has 3 heteroatoms. The Kier molecular flexibility index (Phi) is 4.46. The maximum atomic E-state index is 11.1. The van der Waals surface area contributed by atoms with Gasteiger partial charge in [-0.05, 0) is 37.8 Å². The van der Waals surface area contributed by atoms with Crippen molar-refractivity contribution in [3.63, 3.8) is 0 Å². The average Bonchev–Trinajstić information content (AvgIpc) is 2.37. The van der Waals surface area contributed by atoms with Gasteiger partial charge >= 0.3 is 5.97 Å². The van der Waals surface area contributed by atoms with E-state index in [1.165, 1.54) is 18.4 Å². The molecule has 0 radical (unpaired) electrons. The lowest BCUT2D eigenvalue weighted by Crippen LogP contribution is -2.41. The van der Waals surface area contributed by atoms with E-state index in [1.54, 1.807) is 0 Å². The third-order valence-electron chi connectivity index (χ3n) is 4.02. The molecule has 3 nitrogen and oxygen atoms in total. The smallest absolute Gasteiger partial charge is 0.323 e. The van der Waals surface area contributed by atoms with Crippen LogP contribution in [-0.2, 0) is 4.79 Å². The summed E-state index contributed by atoms with van der Waals surface area (Å²) in [6, 6.07) is 8.55. The molecule has 1 N–H and O–H groups in total. The van der Waals surface area contributed by atoms with Gasteiger partial charge < -0.3 is 10.0 Å². The van der Waals surface area contributed by atoms with E-state index in [-0.39, 0.29) is 6.54 Å². The van der Waals surface area contributed by atoms with Crippen LogP contribution in [-0.4, -0.2) is 23.7 Å².